The number of halogens is 3. The monoisotopic (exact) mass is 278 g/mol. The number of ether oxygens (including phenoxy) is 1. The van der Waals surface area contributed by atoms with Crippen LogP contribution in [0.25, 0.3) is 0 Å². The van der Waals surface area contributed by atoms with Gasteiger partial charge >= 0.3 is 12.1 Å². The molecule has 1 aromatic rings. The van der Waals surface area contributed by atoms with Crippen molar-refractivity contribution in [2.45, 2.75) is 13.1 Å². The Balaban J connectivity index is 2.96. The molecule has 1 heterocycles. The number of hydrogen-bond acceptors (Lipinski definition) is 6. The van der Waals surface area contributed by atoms with Gasteiger partial charge in [0.25, 0.3) is 0 Å². The standard InChI is InChI=1S/C10H13F3N4O2/c1-3-14-9-16-6(10(11,12)13)4-7(17-9)15-5-8(18)19-2/h4H,3,5H2,1-2H3,(H2,14,15,16,17). The molecule has 0 aliphatic heterocycles. The van der Waals surface area contributed by atoms with E-state index in [0.717, 1.165) is 6.07 Å². The molecule has 2 N–H and O–H groups in total. The van der Waals surface area contributed by atoms with Crippen molar-refractivity contribution in [3.8, 4) is 0 Å². The molecular weight excluding hydrogens is 265 g/mol. The Hall–Kier alpha value is -2.06. The molecule has 0 bridgehead atoms. The molecule has 0 saturated carbocycles. The third-order valence-corrected chi connectivity index (χ3v) is 1.99. The van der Waals surface area contributed by atoms with E-state index in [0.29, 0.717) is 6.54 Å². The summed E-state index contributed by atoms with van der Waals surface area (Å²) < 4.78 is 42.2. The van der Waals surface area contributed by atoms with E-state index in [1.165, 1.54) is 7.11 Å². The Kier molecular flexibility index (Phi) is 4.90. The highest BCUT2D eigenvalue weighted by molar-refractivity contribution is 5.74. The van der Waals surface area contributed by atoms with E-state index >= 15 is 0 Å². The van der Waals surface area contributed by atoms with Crippen LogP contribution in [-0.4, -0.2) is 36.1 Å². The molecule has 0 aliphatic rings. The van der Waals surface area contributed by atoms with E-state index in [4.69, 9.17) is 0 Å². The molecule has 0 fully saturated rings. The first-order valence-electron chi connectivity index (χ1n) is 5.37. The normalized spacial score (nSPS) is 11.0. The van der Waals surface area contributed by atoms with E-state index in [1.54, 1.807) is 6.92 Å². The summed E-state index contributed by atoms with van der Waals surface area (Å²) in [6.07, 6.45) is -4.59. The second-order valence-corrected chi connectivity index (χ2v) is 3.42. The van der Waals surface area contributed by atoms with Crippen LogP contribution in [0.2, 0.25) is 0 Å². The summed E-state index contributed by atoms with van der Waals surface area (Å²) in [7, 11) is 1.18. The average Bonchev–Trinajstić information content (AvgIpc) is 2.35. The molecule has 1 aromatic heterocycles. The SMILES string of the molecule is CCNc1nc(NCC(=O)OC)cc(C(F)(F)F)n1. The van der Waals surface area contributed by atoms with Gasteiger partial charge < -0.3 is 15.4 Å². The summed E-state index contributed by atoms with van der Waals surface area (Å²) >= 11 is 0. The minimum absolute atomic E-state index is 0.108. The Morgan fingerprint density at radius 2 is 2.05 bits per heavy atom. The van der Waals surface area contributed by atoms with Gasteiger partial charge in [0.2, 0.25) is 5.95 Å². The summed E-state index contributed by atoms with van der Waals surface area (Å²) in [5.41, 5.74) is -1.09. The third-order valence-electron chi connectivity index (χ3n) is 1.99. The number of esters is 1. The van der Waals surface area contributed by atoms with Gasteiger partial charge in [-0.15, -0.1) is 0 Å². The lowest BCUT2D eigenvalue weighted by Crippen LogP contribution is -2.18. The second kappa shape index (κ2) is 6.21. The number of alkyl halides is 3. The highest BCUT2D eigenvalue weighted by atomic mass is 19.4. The first kappa shape index (κ1) is 15.0. The van der Waals surface area contributed by atoms with Crippen molar-refractivity contribution in [3.63, 3.8) is 0 Å². The topological polar surface area (TPSA) is 76.1 Å². The fourth-order valence-corrected chi connectivity index (χ4v) is 1.16. The zero-order valence-corrected chi connectivity index (χ0v) is 10.3. The molecule has 19 heavy (non-hydrogen) atoms. The van der Waals surface area contributed by atoms with Gasteiger partial charge in [0.1, 0.15) is 12.4 Å². The van der Waals surface area contributed by atoms with Crippen LogP contribution in [0, 0.1) is 0 Å². The van der Waals surface area contributed by atoms with Gasteiger partial charge in [0.05, 0.1) is 7.11 Å². The van der Waals surface area contributed by atoms with Crippen molar-refractivity contribution in [1.82, 2.24) is 9.97 Å². The molecule has 9 heteroatoms. The molecule has 0 atom stereocenters. The average molecular weight is 278 g/mol. The zero-order valence-electron chi connectivity index (χ0n) is 10.3. The predicted molar refractivity (Wildman–Crippen MR) is 61.7 cm³/mol. The third kappa shape index (κ3) is 4.60. The second-order valence-electron chi connectivity index (χ2n) is 3.42. The smallest absolute Gasteiger partial charge is 0.433 e. The maximum Gasteiger partial charge on any atom is 0.433 e. The van der Waals surface area contributed by atoms with Crippen LogP contribution in [0.1, 0.15) is 12.6 Å². The van der Waals surface area contributed by atoms with Crippen LogP contribution in [0.5, 0.6) is 0 Å². The first-order valence-corrected chi connectivity index (χ1v) is 5.37. The van der Waals surface area contributed by atoms with Crippen LogP contribution in [0.3, 0.4) is 0 Å². The number of methoxy groups -OCH3 is 1. The molecule has 0 amide bonds. The Labute approximate surface area is 107 Å². The number of hydrogen-bond donors (Lipinski definition) is 2. The predicted octanol–water partition coefficient (Wildman–Crippen LogP) is 1.51. The lowest BCUT2D eigenvalue weighted by Gasteiger charge is -2.11. The lowest BCUT2D eigenvalue weighted by molar-refractivity contribution is -0.141. The largest absolute Gasteiger partial charge is 0.468 e. The minimum Gasteiger partial charge on any atom is -0.468 e. The summed E-state index contributed by atoms with van der Waals surface area (Å²) in [6.45, 7) is 1.79. The van der Waals surface area contributed by atoms with Gasteiger partial charge in [-0.1, -0.05) is 0 Å². The van der Waals surface area contributed by atoms with Crippen molar-refractivity contribution >= 4 is 17.7 Å². The van der Waals surface area contributed by atoms with Gasteiger partial charge in [0, 0.05) is 12.6 Å². The molecule has 0 aliphatic carbocycles. The zero-order chi connectivity index (χ0) is 14.5. The number of anilines is 2. The molecule has 106 valence electrons. The number of carbonyl (C=O) groups excluding carboxylic acids is 1. The Morgan fingerprint density at radius 1 is 1.37 bits per heavy atom. The molecule has 1 rings (SSSR count). The summed E-state index contributed by atoms with van der Waals surface area (Å²) in [5, 5.41) is 5.02. The van der Waals surface area contributed by atoms with Crippen LogP contribution < -0.4 is 10.6 Å². The van der Waals surface area contributed by atoms with Crippen LogP contribution >= 0.6 is 0 Å². The van der Waals surface area contributed by atoms with Crippen molar-refractivity contribution < 1.29 is 22.7 Å². The number of carbonyl (C=O) groups is 1. The van der Waals surface area contributed by atoms with E-state index in [2.05, 4.69) is 25.3 Å². The summed E-state index contributed by atoms with van der Waals surface area (Å²) in [4.78, 5) is 18.1. The summed E-state index contributed by atoms with van der Waals surface area (Å²) in [5.74, 6) is -0.884. The van der Waals surface area contributed by atoms with E-state index in [-0.39, 0.29) is 18.3 Å². The molecule has 0 spiro atoms. The molecule has 6 nitrogen and oxygen atoms in total. The molecule has 0 aromatic carbocycles. The van der Waals surface area contributed by atoms with Crippen molar-refractivity contribution in [3.05, 3.63) is 11.8 Å². The number of nitrogens with zero attached hydrogens (tertiary/aromatic N) is 2. The van der Waals surface area contributed by atoms with Gasteiger partial charge in [-0.3, -0.25) is 4.79 Å². The van der Waals surface area contributed by atoms with Gasteiger partial charge in [-0.25, -0.2) is 4.98 Å². The number of nitrogens with one attached hydrogen (secondary N) is 2. The summed E-state index contributed by atoms with van der Waals surface area (Å²) in [6, 6.07) is 0.726. The quantitative estimate of drug-likeness (QED) is 0.795. The van der Waals surface area contributed by atoms with Gasteiger partial charge in [-0.2, -0.15) is 18.2 Å². The van der Waals surface area contributed by atoms with Crippen molar-refractivity contribution in [2.24, 2.45) is 0 Å². The fraction of sp³-hybridized carbons (Fsp3) is 0.500. The van der Waals surface area contributed by atoms with Crippen molar-refractivity contribution in [2.75, 3.05) is 30.8 Å². The van der Waals surface area contributed by atoms with Crippen LogP contribution in [-0.2, 0) is 15.7 Å². The van der Waals surface area contributed by atoms with E-state index in [9.17, 15) is 18.0 Å². The van der Waals surface area contributed by atoms with E-state index < -0.39 is 17.8 Å². The van der Waals surface area contributed by atoms with E-state index in [1.807, 2.05) is 0 Å². The number of rotatable bonds is 5. The van der Waals surface area contributed by atoms with Gasteiger partial charge in [-0.05, 0) is 6.92 Å². The highest BCUT2D eigenvalue weighted by Gasteiger charge is 2.33. The van der Waals surface area contributed by atoms with Crippen LogP contribution in [0.15, 0.2) is 6.07 Å². The maximum absolute atomic E-state index is 12.6. The fourth-order valence-electron chi connectivity index (χ4n) is 1.16. The highest BCUT2D eigenvalue weighted by Crippen LogP contribution is 2.29. The molecular formula is C10H13F3N4O2. The lowest BCUT2D eigenvalue weighted by atomic mass is 10.3. The van der Waals surface area contributed by atoms with Crippen molar-refractivity contribution in [1.29, 1.82) is 0 Å². The molecule has 0 radical (unpaired) electrons. The number of aromatic nitrogens is 2. The Morgan fingerprint density at radius 3 is 2.58 bits per heavy atom. The van der Waals surface area contributed by atoms with Crippen LogP contribution in [0.4, 0.5) is 24.9 Å². The molecule has 0 unspecified atom stereocenters. The Bertz CT molecular complexity index is 451. The molecule has 0 saturated heterocycles. The minimum atomic E-state index is -4.59. The van der Waals surface area contributed by atoms with Gasteiger partial charge in [0.15, 0.2) is 5.69 Å². The first-order chi connectivity index (χ1) is 8.86. The maximum atomic E-state index is 12.6.